The van der Waals surface area contributed by atoms with Gasteiger partial charge in [0.2, 0.25) is 0 Å². The van der Waals surface area contributed by atoms with Crippen molar-refractivity contribution < 1.29 is 0 Å². The Bertz CT molecular complexity index is 246. The molecule has 2 saturated carbocycles. The van der Waals surface area contributed by atoms with E-state index in [0.29, 0.717) is 6.04 Å². The molecule has 0 aliphatic heterocycles. The average molecular weight is 283 g/mol. The van der Waals surface area contributed by atoms with Gasteiger partial charge >= 0.3 is 0 Å². The summed E-state index contributed by atoms with van der Waals surface area (Å²) in [6.07, 6.45) is 8.84. The molecule has 0 aromatic carbocycles. The molecule has 1 spiro atoms. The summed E-state index contributed by atoms with van der Waals surface area (Å²) in [6.45, 7) is 13.2. The molecule has 2 aliphatic rings. The molecule has 0 amide bonds. The first-order chi connectivity index (χ1) is 9.54. The third-order valence-electron chi connectivity index (χ3n) is 5.40. The second-order valence-corrected chi connectivity index (χ2v) is 7.14. The number of hydrogen-bond donors (Lipinski definition) is 1. The lowest BCUT2D eigenvalue weighted by atomic mass is 9.55. The fourth-order valence-electron chi connectivity index (χ4n) is 4.03. The van der Waals surface area contributed by atoms with Gasteiger partial charge in [0, 0.05) is 12.1 Å². The summed E-state index contributed by atoms with van der Waals surface area (Å²) in [6, 6.07) is 1.52. The molecule has 2 rings (SSSR count). The van der Waals surface area contributed by atoms with E-state index in [1.807, 2.05) is 13.8 Å². The van der Waals surface area contributed by atoms with Crippen molar-refractivity contribution in [2.75, 3.05) is 20.1 Å². The van der Waals surface area contributed by atoms with Crippen molar-refractivity contribution in [3.05, 3.63) is 0 Å². The van der Waals surface area contributed by atoms with E-state index < -0.39 is 0 Å². The summed E-state index contributed by atoms with van der Waals surface area (Å²) in [5.74, 6) is 0.966. The van der Waals surface area contributed by atoms with Crippen molar-refractivity contribution in [1.29, 1.82) is 0 Å². The molecule has 0 aromatic rings. The van der Waals surface area contributed by atoms with Crippen molar-refractivity contribution in [1.82, 2.24) is 10.2 Å². The lowest BCUT2D eigenvalue weighted by Gasteiger charge is -2.53. The molecule has 0 saturated heterocycles. The molecule has 0 unspecified atom stereocenters. The van der Waals surface area contributed by atoms with Crippen molar-refractivity contribution >= 4 is 0 Å². The number of nitrogens with zero attached hydrogens (tertiary/aromatic N) is 1. The number of nitrogens with one attached hydrogen (secondary N) is 1. The smallest absolute Gasteiger partial charge is 0.00925 e. The van der Waals surface area contributed by atoms with Gasteiger partial charge in [-0.25, -0.2) is 0 Å². The van der Waals surface area contributed by atoms with E-state index in [1.165, 1.54) is 51.6 Å². The Balaban J connectivity index is 0.000000956. The molecule has 2 heteroatoms. The molecular formula is C18H38N2. The van der Waals surface area contributed by atoms with Crippen LogP contribution in [0.5, 0.6) is 0 Å². The van der Waals surface area contributed by atoms with Crippen LogP contribution in [0.15, 0.2) is 0 Å². The zero-order valence-corrected chi connectivity index (χ0v) is 14.8. The van der Waals surface area contributed by atoms with Gasteiger partial charge in [0.25, 0.3) is 0 Å². The SMILES string of the molecule is CC.CCN(C)C1CCC2(CC1)CC(CNC(C)C)C2. The highest BCUT2D eigenvalue weighted by Crippen LogP contribution is 2.54. The topological polar surface area (TPSA) is 15.3 Å². The normalized spacial score (nSPS) is 33.0. The maximum absolute atomic E-state index is 3.60. The van der Waals surface area contributed by atoms with Gasteiger partial charge in [-0.2, -0.15) is 0 Å². The predicted octanol–water partition coefficient (Wildman–Crippen LogP) is 4.30. The summed E-state index contributed by atoms with van der Waals surface area (Å²) in [5.41, 5.74) is 0.758. The van der Waals surface area contributed by atoms with Crippen LogP contribution < -0.4 is 5.32 Å². The van der Waals surface area contributed by atoms with Crippen LogP contribution in [-0.2, 0) is 0 Å². The molecule has 2 nitrogen and oxygen atoms in total. The van der Waals surface area contributed by atoms with Gasteiger partial charge < -0.3 is 10.2 Å². The van der Waals surface area contributed by atoms with Gasteiger partial charge in [-0.3, -0.25) is 0 Å². The second-order valence-electron chi connectivity index (χ2n) is 7.14. The predicted molar refractivity (Wildman–Crippen MR) is 90.2 cm³/mol. The summed E-state index contributed by atoms with van der Waals surface area (Å²) in [5, 5.41) is 3.60. The highest BCUT2D eigenvalue weighted by molar-refractivity contribution is 4.98. The first kappa shape index (κ1) is 18.0. The Morgan fingerprint density at radius 1 is 1.15 bits per heavy atom. The molecule has 0 radical (unpaired) electrons. The minimum absolute atomic E-state index is 0.649. The Hall–Kier alpha value is -0.0800. The van der Waals surface area contributed by atoms with Crippen molar-refractivity contribution in [3.8, 4) is 0 Å². The van der Waals surface area contributed by atoms with E-state index in [4.69, 9.17) is 0 Å². The van der Waals surface area contributed by atoms with Crippen LogP contribution in [0.3, 0.4) is 0 Å². The molecule has 0 bridgehead atoms. The van der Waals surface area contributed by atoms with E-state index >= 15 is 0 Å². The number of rotatable bonds is 5. The van der Waals surface area contributed by atoms with E-state index in [0.717, 1.165) is 17.4 Å². The van der Waals surface area contributed by atoms with E-state index in [2.05, 4.69) is 38.0 Å². The van der Waals surface area contributed by atoms with Crippen LogP contribution in [0.4, 0.5) is 0 Å². The highest BCUT2D eigenvalue weighted by Gasteiger charge is 2.45. The molecule has 0 aromatic heterocycles. The Morgan fingerprint density at radius 2 is 1.70 bits per heavy atom. The maximum atomic E-state index is 3.60. The molecule has 120 valence electrons. The average Bonchev–Trinajstić information content (AvgIpc) is 2.44. The van der Waals surface area contributed by atoms with Gasteiger partial charge in [0.15, 0.2) is 0 Å². The third kappa shape index (κ3) is 4.73. The monoisotopic (exact) mass is 282 g/mol. The zero-order valence-electron chi connectivity index (χ0n) is 14.8. The minimum Gasteiger partial charge on any atom is -0.314 e. The molecule has 0 heterocycles. The summed E-state index contributed by atoms with van der Waals surface area (Å²) >= 11 is 0. The lowest BCUT2D eigenvalue weighted by Crippen LogP contribution is -2.47. The van der Waals surface area contributed by atoms with E-state index in [9.17, 15) is 0 Å². The van der Waals surface area contributed by atoms with Crippen LogP contribution >= 0.6 is 0 Å². The molecule has 1 N–H and O–H groups in total. The minimum atomic E-state index is 0.649. The zero-order chi connectivity index (χ0) is 15.2. The van der Waals surface area contributed by atoms with Crippen LogP contribution in [0, 0.1) is 11.3 Å². The van der Waals surface area contributed by atoms with Crippen molar-refractivity contribution in [2.24, 2.45) is 11.3 Å². The summed E-state index contributed by atoms with van der Waals surface area (Å²) < 4.78 is 0. The largest absolute Gasteiger partial charge is 0.314 e. The summed E-state index contributed by atoms with van der Waals surface area (Å²) in [7, 11) is 2.29. The molecule has 2 fully saturated rings. The van der Waals surface area contributed by atoms with Crippen LogP contribution in [0.2, 0.25) is 0 Å². The molecular weight excluding hydrogens is 244 g/mol. The molecule has 2 aliphatic carbocycles. The van der Waals surface area contributed by atoms with Crippen molar-refractivity contribution in [2.45, 2.75) is 85.2 Å². The fraction of sp³-hybridized carbons (Fsp3) is 1.00. The van der Waals surface area contributed by atoms with Crippen LogP contribution in [0.25, 0.3) is 0 Å². The lowest BCUT2D eigenvalue weighted by molar-refractivity contribution is -0.00807. The Labute approximate surface area is 127 Å². The van der Waals surface area contributed by atoms with Gasteiger partial charge in [-0.1, -0.05) is 34.6 Å². The second kappa shape index (κ2) is 8.38. The van der Waals surface area contributed by atoms with E-state index in [-0.39, 0.29) is 0 Å². The first-order valence-corrected chi connectivity index (χ1v) is 8.98. The van der Waals surface area contributed by atoms with Crippen LogP contribution in [-0.4, -0.2) is 37.1 Å². The van der Waals surface area contributed by atoms with Gasteiger partial charge in [0.1, 0.15) is 0 Å². The Kier molecular flexibility index (Phi) is 7.53. The van der Waals surface area contributed by atoms with Gasteiger partial charge in [-0.05, 0) is 70.0 Å². The molecule has 0 atom stereocenters. The van der Waals surface area contributed by atoms with Gasteiger partial charge in [-0.15, -0.1) is 0 Å². The molecule has 20 heavy (non-hydrogen) atoms. The third-order valence-corrected chi connectivity index (χ3v) is 5.40. The number of hydrogen-bond acceptors (Lipinski definition) is 2. The highest BCUT2D eigenvalue weighted by atomic mass is 15.1. The van der Waals surface area contributed by atoms with Gasteiger partial charge in [0.05, 0.1) is 0 Å². The Morgan fingerprint density at radius 3 is 2.15 bits per heavy atom. The fourth-order valence-corrected chi connectivity index (χ4v) is 4.03. The van der Waals surface area contributed by atoms with Crippen LogP contribution in [0.1, 0.15) is 73.1 Å². The van der Waals surface area contributed by atoms with E-state index in [1.54, 1.807) is 0 Å². The first-order valence-electron chi connectivity index (χ1n) is 8.98. The maximum Gasteiger partial charge on any atom is 0.00925 e. The quantitative estimate of drug-likeness (QED) is 0.808. The summed E-state index contributed by atoms with van der Waals surface area (Å²) in [4.78, 5) is 2.54. The standard InChI is InChI=1S/C16H32N2.C2H6/c1-5-18(4)15-6-8-16(9-7-15)10-14(11-16)12-17-13(2)3;1-2/h13-15,17H,5-12H2,1-4H3;1-2H3. The van der Waals surface area contributed by atoms with Crippen molar-refractivity contribution in [3.63, 3.8) is 0 Å².